The van der Waals surface area contributed by atoms with Gasteiger partial charge in [0.15, 0.2) is 0 Å². The summed E-state index contributed by atoms with van der Waals surface area (Å²) in [6, 6.07) is 0. The fourth-order valence-corrected chi connectivity index (χ4v) is 0.795. The van der Waals surface area contributed by atoms with Crippen LogP contribution in [0.2, 0.25) is 0 Å². The number of hydrogen-bond acceptors (Lipinski definition) is 1. The molecule has 2 unspecified atom stereocenters. The molecule has 0 spiro atoms. The van der Waals surface area contributed by atoms with Crippen LogP contribution < -0.4 is 0 Å². The van der Waals surface area contributed by atoms with Crippen LogP contribution in [0.4, 0.5) is 43.9 Å². The summed E-state index contributed by atoms with van der Waals surface area (Å²) in [7, 11) is -0.238. The van der Waals surface area contributed by atoms with E-state index in [2.05, 4.69) is 4.74 Å². The zero-order valence-corrected chi connectivity index (χ0v) is 7.77. The third kappa shape index (κ3) is 2.58. The Morgan fingerprint density at radius 1 is 0.824 bits per heavy atom. The quantitative estimate of drug-likeness (QED) is 0.721. The molecule has 0 amide bonds. The van der Waals surface area contributed by atoms with Crippen LogP contribution in [-0.2, 0) is 4.74 Å². The molecule has 0 saturated carbocycles. The average Bonchev–Trinajstić information content (AvgIpc) is 2.11. The van der Waals surface area contributed by atoms with Gasteiger partial charge in [-0.2, -0.15) is 35.1 Å². The first-order valence-electron chi connectivity index (χ1n) is 3.61. The van der Waals surface area contributed by atoms with Crippen LogP contribution in [-0.4, -0.2) is 37.4 Å². The Morgan fingerprint density at radius 3 is 1.35 bits per heavy atom. The van der Waals surface area contributed by atoms with Gasteiger partial charge in [0, 0.05) is 7.11 Å². The zero-order valence-electron chi connectivity index (χ0n) is 7.77. The summed E-state index contributed by atoms with van der Waals surface area (Å²) in [6.45, 7) is 0. The van der Waals surface area contributed by atoms with Crippen molar-refractivity contribution in [3.05, 3.63) is 0 Å². The van der Waals surface area contributed by atoms with Crippen molar-refractivity contribution in [2.45, 2.75) is 30.3 Å². The molecule has 0 aromatic rings. The first-order chi connectivity index (χ1) is 7.22. The molecule has 0 radical (unpaired) electrons. The van der Waals surface area contributed by atoms with Crippen molar-refractivity contribution >= 4 is 0 Å². The summed E-state index contributed by atoms with van der Waals surface area (Å²) >= 11 is 0. The zero-order chi connectivity index (χ0) is 14.3. The van der Waals surface area contributed by atoms with Gasteiger partial charge in [0.05, 0.1) is 0 Å². The van der Waals surface area contributed by atoms with Crippen LogP contribution in [0, 0.1) is 0 Å². The van der Waals surface area contributed by atoms with Crippen molar-refractivity contribution in [2.24, 2.45) is 0 Å². The Kier molecular flexibility index (Phi) is 3.99. The lowest BCUT2D eigenvalue weighted by Crippen LogP contribution is -2.63. The van der Waals surface area contributed by atoms with E-state index in [1.165, 1.54) is 0 Å². The second kappa shape index (κ2) is 4.18. The fraction of sp³-hybridized carbons (Fsp3) is 1.00. The molecule has 0 saturated heterocycles. The fourth-order valence-electron chi connectivity index (χ4n) is 0.795. The molecule has 0 aliphatic carbocycles. The standard InChI is InChI=1S/C6H4F10O/c1-17-3(8,2(7)4(9,10)11)5(12,13)6(14,15)16/h2H,1H3. The number of ether oxygens (including phenoxy) is 1. The van der Waals surface area contributed by atoms with E-state index in [0.717, 1.165) is 0 Å². The van der Waals surface area contributed by atoms with Crippen molar-refractivity contribution in [1.29, 1.82) is 0 Å². The summed E-state index contributed by atoms with van der Waals surface area (Å²) in [6.07, 6.45) is -18.2. The van der Waals surface area contributed by atoms with Gasteiger partial charge >= 0.3 is 24.1 Å². The molecule has 0 aromatic carbocycles. The Balaban J connectivity index is 5.59. The van der Waals surface area contributed by atoms with Crippen molar-refractivity contribution < 1.29 is 48.6 Å². The molecule has 1 nitrogen and oxygen atoms in total. The highest BCUT2D eigenvalue weighted by atomic mass is 19.4. The number of rotatable bonds is 3. The summed E-state index contributed by atoms with van der Waals surface area (Å²) < 4.78 is 123. The predicted octanol–water partition coefficient (Wildman–Crippen LogP) is 3.40. The highest BCUT2D eigenvalue weighted by molar-refractivity contribution is 4.99. The Bertz CT molecular complexity index is 267. The SMILES string of the molecule is COC(F)(C(F)C(F)(F)F)C(F)(F)C(F)(F)F. The first-order valence-corrected chi connectivity index (χ1v) is 3.61. The van der Waals surface area contributed by atoms with E-state index in [-0.39, 0.29) is 7.11 Å². The highest BCUT2D eigenvalue weighted by Crippen LogP contribution is 2.51. The van der Waals surface area contributed by atoms with Gasteiger partial charge in [0.2, 0.25) is 0 Å². The highest BCUT2D eigenvalue weighted by Gasteiger charge is 2.79. The molecule has 0 aromatic heterocycles. The third-order valence-electron chi connectivity index (χ3n) is 1.69. The summed E-state index contributed by atoms with van der Waals surface area (Å²) in [4.78, 5) is 0. The lowest BCUT2D eigenvalue weighted by Gasteiger charge is -2.35. The van der Waals surface area contributed by atoms with Crippen molar-refractivity contribution in [3.63, 3.8) is 0 Å². The van der Waals surface area contributed by atoms with E-state index in [0.29, 0.717) is 0 Å². The Labute approximate surface area is 87.3 Å². The monoisotopic (exact) mass is 282 g/mol. The molecule has 104 valence electrons. The smallest absolute Gasteiger partial charge is 0.342 e. The molecule has 0 fully saturated rings. The Hall–Kier alpha value is -0.740. The van der Waals surface area contributed by atoms with Gasteiger partial charge in [-0.05, 0) is 0 Å². The predicted molar refractivity (Wildman–Crippen MR) is 32.8 cm³/mol. The van der Waals surface area contributed by atoms with Crippen LogP contribution in [0.25, 0.3) is 0 Å². The molecular weight excluding hydrogens is 278 g/mol. The topological polar surface area (TPSA) is 9.23 Å². The minimum absolute atomic E-state index is 0.238. The molecule has 0 heterocycles. The number of halogens is 10. The summed E-state index contributed by atoms with van der Waals surface area (Å²) in [5, 5.41) is 0. The van der Waals surface area contributed by atoms with Crippen molar-refractivity contribution in [1.82, 2.24) is 0 Å². The van der Waals surface area contributed by atoms with Gasteiger partial charge in [0.25, 0.3) is 6.17 Å². The lowest BCUT2D eigenvalue weighted by molar-refractivity contribution is -0.411. The van der Waals surface area contributed by atoms with E-state index in [1.807, 2.05) is 0 Å². The molecular formula is C6H4F10O. The van der Waals surface area contributed by atoms with E-state index < -0.39 is 30.3 Å². The molecule has 17 heavy (non-hydrogen) atoms. The van der Waals surface area contributed by atoms with Gasteiger partial charge in [-0.25, -0.2) is 8.78 Å². The molecule has 11 heteroatoms. The van der Waals surface area contributed by atoms with Crippen LogP contribution in [0.5, 0.6) is 0 Å². The number of alkyl halides is 10. The average molecular weight is 282 g/mol. The van der Waals surface area contributed by atoms with Gasteiger partial charge in [0.1, 0.15) is 0 Å². The van der Waals surface area contributed by atoms with Crippen molar-refractivity contribution in [2.75, 3.05) is 7.11 Å². The van der Waals surface area contributed by atoms with Crippen LogP contribution >= 0.6 is 0 Å². The molecule has 0 rings (SSSR count). The number of methoxy groups -OCH3 is 1. The van der Waals surface area contributed by atoms with Crippen molar-refractivity contribution in [3.8, 4) is 0 Å². The normalized spacial score (nSPS) is 19.9. The van der Waals surface area contributed by atoms with Crippen LogP contribution in [0.15, 0.2) is 0 Å². The van der Waals surface area contributed by atoms with E-state index in [1.54, 1.807) is 0 Å². The minimum Gasteiger partial charge on any atom is -0.342 e. The molecule has 0 N–H and O–H groups in total. The third-order valence-corrected chi connectivity index (χ3v) is 1.69. The molecule has 0 aliphatic heterocycles. The number of hydrogen-bond donors (Lipinski definition) is 0. The van der Waals surface area contributed by atoms with Crippen LogP contribution in [0.3, 0.4) is 0 Å². The van der Waals surface area contributed by atoms with Gasteiger partial charge in [-0.1, -0.05) is 0 Å². The van der Waals surface area contributed by atoms with E-state index >= 15 is 0 Å². The maximum Gasteiger partial charge on any atom is 0.459 e. The molecule has 2 atom stereocenters. The molecule has 0 bridgehead atoms. The van der Waals surface area contributed by atoms with Gasteiger partial charge in [-0.3, -0.25) is 0 Å². The minimum atomic E-state index is -6.74. The molecule has 0 aliphatic rings. The second-order valence-electron chi connectivity index (χ2n) is 2.83. The van der Waals surface area contributed by atoms with Crippen LogP contribution in [0.1, 0.15) is 0 Å². The lowest BCUT2D eigenvalue weighted by atomic mass is 10.0. The summed E-state index contributed by atoms with van der Waals surface area (Å²) in [5.74, 6) is -12.5. The largest absolute Gasteiger partial charge is 0.459 e. The van der Waals surface area contributed by atoms with E-state index in [4.69, 9.17) is 0 Å². The van der Waals surface area contributed by atoms with Gasteiger partial charge in [-0.15, -0.1) is 0 Å². The maximum atomic E-state index is 12.9. The summed E-state index contributed by atoms with van der Waals surface area (Å²) in [5.41, 5.74) is 0. The second-order valence-corrected chi connectivity index (χ2v) is 2.83. The van der Waals surface area contributed by atoms with E-state index in [9.17, 15) is 43.9 Å². The first kappa shape index (κ1) is 16.3. The Morgan fingerprint density at radius 2 is 1.18 bits per heavy atom. The van der Waals surface area contributed by atoms with Gasteiger partial charge < -0.3 is 4.74 Å². The maximum absolute atomic E-state index is 12.9.